The van der Waals surface area contributed by atoms with Gasteiger partial charge in [0.1, 0.15) is 23.9 Å². The predicted molar refractivity (Wildman–Crippen MR) is 118 cm³/mol. The number of fused-ring (bicyclic) bond motifs is 1. The highest BCUT2D eigenvalue weighted by atomic mass is 16.5. The molecule has 1 saturated carbocycles. The summed E-state index contributed by atoms with van der Waals surface area (Å²) in [5.74, 6) is 1.96. The van der Waals surface area contributed by atoms with Gasteiger partial charge >= 0.3 is 0 Å². The Labute approximate surface area is 183 Å². The van der Waals surface area contributed by atoms with E-state index in [1.807, 2.05) is 11.9 Å². The Morgan fingerprint density at radius 2 is 2.06 bits per heavy atom. The summed E-state index contributed by atoms with van der Waals surface area (Å²) in [7, 11) is 1.91. The van der Waals surface area contributed by atoms with E-state index in [2.05, 4.69) is 17.2 Å². The Hall–Kier alpha value is -2.74. The Kier molecular flexibility index (Phi) is 6.36. The molecular weight excluding hydrogens is 394 g/mol. The fourth-order valence-corrected chi connectivity index (χ4v) is 4.58. The van der Waals surface area contributed by atoms with Gasteiger partial charge in [0.15, 0.2) is 5.82 Å². The number of hydrogen-bond donors (Lipinski definition) is 2. The van der Waals surface area contributed by atoms with Crippen LogP contribution < -0.4 is 15.0 Å². The molecule has 4 rings (SSSR count). The SMILES string of the molecule is CN(CC(=O)NC1(C)CCCC1)c1nc(-c2cc(OCCO)ccn2)nc2c1CCC2. The second-order valence-corrected chi connectivity index (χ2v) is 8.77. The van der Waals surface area contributed by atoms with Crippen molar-refractivity contribution in [2.45, 2.75) is 57.4 Å². The summed E-state index contributed by atoms with van der Waals surface area (Å²) in [6.07, 6.45) is 8.92. The molecule has 8 nitrogen and oxygen atoms in total. The van der Waals surface area contributed by atoms with Crippen molar-refractivity contribution < 1.29 is 14.6 Å². The molecule has 0 bridgehead atoms. The van der Waals surface area contributed by atoms with Gasteiger partial charge in [0.2, 0.25) is 5.91 Å². The summed E-state index contributed by atoms with van der Waals surface area (Å²) in [5.41, 5.74) is 2.68. The third kappa shape index (κ3) is 4.95. The van der Waals surface area contributed by atoms with Crippen LogP contribution in [0.3, 0.4) is 0 Å². The standard InChI is InChI=1S/C23H31N5O3/c1-23(9-3-4-10-23)27-20(30)15-28(2)22-17-6-5-7-18(17)25-21(26-22)19-14-16(8-11-24-19)31-13-12-29/h8,11,14,29H,3-7,9-10,12-13,15H2,1-2H3,(H,27,30). The van der Waals surface area contributed by atoms with Crippen molar-refractivity contribution in [3.63, 3.8) is 0 Å². The van der Waals surface area contributed by atoms with E-state index in [-0.39, 0.29) is 31.2 Å². The molecule has 8 heteroatoms. The van der Waals surface area contributed by atoms with Crippen molar-refractivity contribution in [2.24, 2.45) is 0 Å². The lowest BCUT2D eigenvalue weighted by molar-refractivity contribution is -0.121. The monoisotopic (exact) mass is 425 g/mol. The fourth-order valence-electron chi connectivity index (χ4n) is 4.58. The quantitative estimate of drug-likeness (QED) is 0.669. The number of pyridine rings is 1. The first-order chi connectivity index (χ1) is 15.0. The smallest absolute Gasteiger partial charge is 0.239 e. The van der Waals surface area contributed by atoms with Crippen LogP contribution >= 0.6 is 0 Å². The number of hydrogen-bond acceptors (Lipinski definition) is 7. The molecule has 2 N–H and O–H groups in total. The van der Waals surface area contributed by atoms with Crippen LogP contribution in [0.4, 0.5) is 5.82 Å². The van der Waals surface area contributed by atoms with Crippen LogP contribution in [0.1, 0.15) is 50.3 Å². The maximum atomic E-state index is 12.7. The van der Waals surface area contributed by atoms with E-state index in [4.69, 9.17) is 19.8 Å². The molecule has 0 aromatic carbocycles. The first-order valence-corrected chi connectivity index (χ1v) is 11.1. The summed E-state index contributed by atoms with van der Waals surface area (Å²) in [6, 6.07) is 3.53. The highest BCUT2D eigenvalue weighted by Crippen LogP contribution is 2.32. The fraction of sp³-hybridized carbons (Fsp3) is 0.565. The van der Waals surface area contributed by atoms with Crippen LogP contribution in [0.25, 0.3) is 11.5 Å². The van der Waals surface area contributed by atoms with Gasteiger partial charge in [-0.25, -0.2) is 9.97 Å². The lowest BCUT2D eigenvalue weighted by Crippen LogP contribution is -2.47. The van der Waals surface area contributed by atoms with Gasteiger partial charge in [0.25, 0.3) is 0 Å². The number of nitrogens with one attached hydrogen (secondary N) is 1. The van der Waals surface area contributed by atoms with Crippen LogP contribution in [0, 0.1) is 0 Å². The minimum Gasteiger partial charge on any atom is -0.491 e. The summed E-state index contributed by atoms with van der Waals surface area (Å²) >= 11 is 0. The largest absolute Gasteiger partial charge is 0.491 e. The highest BCUT2D eigenvalue weighted by molar-refractivity contribution is 5.82. The van der Waals surface area contributed by atoms with E-state index in [1.165, 1.54) is 12.8 Å². The average molecular weight is 426 g/mol. The number of nitrogens with zero attached hydrogens (tertiary/aromatic N) is 4. The van der Waals surface area contributed by atoms with E-state index in [0.29, 0.717) is 17.3 Å². The second kappa shape index (κ2) is 9.18. The number of aliphatic hydroxyl groups excluding tert-OH is 1. The maximum Gasteiger partial charge on any atom is 0.239 e. The molecule has 0 saturated heterocycles. The van der Waals surface area contributed by atoms with Crippen LogP contribution in [0.2, 0.25) is 0 Å². The molecule has 0 unspecified atom stereocenters. The molecule has 31 heavy (non-hydrogen) atoms. The zero-order valence-electron chi connectivity index (χ0n) is 18.4. The summed E-state index contributed by atoms with van der Waals surface area (Å²) in [6.45, 7) is 2.56. The van der Waals surface area contributed by atoms with Crippen LogP contribution in [-0.4, -0.2) is 58.3 Å². The second-order valence-electron chi connectivity index (χ2n) is 8.77. The van der Waals surface area contributed by atoms with E-state index in [1.54, 1.807) is 18.3 Å². The zero-order chi connectivity index (χ0) is 21.8. The number of aromatic nitrogens is 3. The van der Waals surface area contributed by atoms with Gasteiger partial charge in [-0.05, 0) is 45.1 Å². The van der Waals surface area contributed by atoms with Gasteiger partial charge in [-0.2, -0.15) is 0 Å². The molecule has 2 heterocycles. The van der Waals surface area contributed by atoms with Gasteiger partial charge in [-0.15, -0.1) is 0 Å². The van der Waals surface area contributed by atoms with Gasteiger partial charge in [-0.1, -0.05) is 12.8 Å². The summed E-state index contributed by atoms with van der Waals surface area (Å²) in [5, 5.41) is 12.2. The van der Waals surface area contributed by atoms with E-state index in [9.17, 15) is 4.79 Å². The van der Waals surface area contributed by atoms with Gasteiger partial charge in [0, 0.05) is 36.1 Å². The molecular formula is C23H31N5O3. The Balaban J connectivity index is 1.56. The summed E-state index contributed by atoms with van der Waals surface area (Å²) in [4.78, 5) is 28.6. The Bertz CT molecular complexity index is 943. The van der Waals surface area contributed by atoms with Crippen molar-refractivity contribution in [1.29, 1.82) is 0 Å². The minimum atomic E-state index is -0.0877. The third-order valence-electron chi connectivity index (χ3n) is 6.12. The van der Waals surface area contributed by atoms with Crippen molar-refractivity contribution >= 4 is 11.7 Å². The average Bonchev–Trinajstić information content (AvgIpc) is 3.40. The van der Waals surface area contributed by atoms with E-state index >= 15 is 0 Å². The van der Waals surface area contributed by atoms with Crippen LogP contribution in [0.15, 0.2) is 18.3 Å². The Morgan fingerprint density at radius 1 is 1.26 bits per heavy atom. The molecule has 2 aliphatic carbocycles. The number of amides is 1. The molecule has 0 aliphatic heterocycles. The van der Waals surface area contributed by atoms with Crippen molar-refractivity contribution in [3.05, 3.63) is 29.6 Å². The molecule has 2 aromatic rings. The number of ether oxygens (including phenoxy) is 1. The first-order valence-electron chi connectivity index (χ1n) is 11.1. The maximum absolute atomic E-state index is 12.7. The topological polar surface area (TPSA) is 100 Å². The number of carbonyl (C=O) groups is 1. The van der Waals surface area contributed by atoms with Crippen LogP contribution in [0.5, 0.6) is 5.75 Å². The number of anilines is 1. The normalized spacial score (nSPS) is 16.7. The number of rotatable bonds is 8. The summed E-state index contributed by atoms with van der Waals surface area (Å²) < 4.78 is 5.50. The predicted octanol–water partition coefficient (Wildman–Crippen LogP) is 2.28. The number of carbonyl (C=O) groups excluding carboxylic acids is 1. The molecule has 0 radical (unpaired) electrons. The molecule has 1 fully saturated rings. The Morgan fingerprint density at radius 3 is 2.84 bits per heavy atom. The molecule has 2 aliphatic rings. The zero-order valence-corrected chi connectivity index (χ0v) is 18.4. The van der Waals surface area contributed by atoms with Gasteiger partial charge < -0.3 is 20.1 Å². The van der Waals surface area contributed by atoms with Gasteiger partial charge in [0.05, 0.1) is 13.2 Å². The first kappa shape index (κ1) is 21.5. The highest BCUT2D eigenvalue weighted by Gasteiger charge is 2.31. The molecule has 166 valence electrons. The molecule has 0 atom stereocenters. The molecule has 1 amide bonds. The minimum absolute atomic E-state index is 0.0244. The number of likely N-dealkylation sites (N-methyl/N-ethyl adjacent to an activating group) is 1. The van der Waals surface area contributed by atoms with Crippen molar-refractivity contribution in [2.75, 3.05) is 31.7 Å². The number of aliphatic hydroxyl groups is 1. The lowest BCUT2D eigenvalue weighted by Gasteiger charge is -2.27. The lowest BCUT2D eigenvalue weighted by atomic mass is 10.0. The van der Waals surface area contributed by atoms with Crippen molar-refractivity contribution in [3.8, 4) is 17.3 Å². The van der Waals surface area contributed by atoms with Crippen molar-refractivity contribution in [1.82, 2.24) is 20.3 Å². The van der Waals surface area contributed by atoms with Gasteiger partial charge in [-0.3, -0.25) is 9.78 Å². The molecule has 0 spiro atoms. The van der Waals surface area contributed by atoms with Crippen LogP contribution in [-0.2, 0) is 17.6 Å². The third-order valence-corrected chi connectivity index (χ3v) is 6.12. The molecule has 2 aromatic heterocycles. The van der Waals surface area contributed by atoms with E-state index < -0.39 is 0 Å². The number of aryl methyl sites for hydroxylation is 1. The van der Waals surface area contributed by atoms with E-state index in [0.717, 1.165) is 49.2 Å².